The van der Waals surface area contributed by atoms with Crippen LogP contribution in [0.4, 0.5) is 8.78 Å². The van der Waals surface area contributed by atoms with Gasteiger partial charge in [0, 0.05) is 0 Å². The molecule has 0 unspecified atom stereocenters. The zero-order valence-electron chi connectivity index (χ0n) is 12.3. The predicted molar refractivity (Wildman–Crippen MR) is 74.9 cm³/mol. The lowest BCUT2D eigenvalue weighted by Crippen LogP contribution is -2.52. The Kier molecular flexibility index (Phi) is 4.23. The quantitative estimate of drug-likeness (QED) is 0.787. The van der Waals surface area contributed by atoms with Crippen LogP contribution in [-0.4, -0.2) is 30.3 Å². The van der Waals surface area contributed by atoms with Crippen LogP contribution in [-0.2, 0) is 0 Å². The van der Waals surface area contributed by atoms with E-state index >= 15 is 0 Å². The highest BCUT2D eigenvalue weighted by molar-refractivity contribution is 6.03. The summed E-state index contributed by atoms with van der Waals surface area (Å²) in [6.45, 7) is 1.50. The summed E-state index contributed by atoms with van der Waals surface area (Å²) in [5.74, 6) is -2.22. The van der Waals surface area contributed by atoms with Crippen molar-refractivity contribution >= 4 is 5.78 Å². The lowest BCUT2D eigenvalue weighted by atomic mass is 9.75. The van der Waals surface area contributed by atoms with Crippen molar-refractivity contribution in [1.82, 2.24) is 4.90 Å². The molecule has 0 aromatic heterocycles. The minimum Gasteiger partial charge on any atom is -0.297 e. The molecule has 110 valence electrons. The van der Waals surface area contributed by atoms with E-state index in [1.807, 2.05) is 19.0 Å². The van der Waals surface area contributed by atoms with Crippen molar-refractivity contribution in [2.24, 2.45) is 0 Å². The third-order valence-corrected chi connectivity index (χ3v) is 4.48. The fourth-order valence-electron chi connectivity index (χ4n) is 3.09. The first kappa shape index (κ1) is 15.1. The summed E-state index contributed by atoms with van der Waals surface area (Å²) in [7, 11) is 3.68. The monoisotopic (exact) mass is 281 g/mol. The molecule has 0 heterocycles. The van der Waals surface area contributed by atoms with Gasteiger partial charge in [0.15, 0.2) is 17.4 Å². The SMILES string of the molecule is Cc1ccc(C(=O)C2(N(C)C)CCCCC2)c(F)c1F. The standard InChI is InChI=1S/C16H21F2NO/c1-11-7-8-12(14(18)13(11)17)15(20)16(19(2)3)9-5-4-6-10-16/h7-8H,4-6,9-10H2,1-3H3. The van der Waals surface area contributed by atoms with Gasteiger partial charge in [-0.1, -0.05) is 25.3 Å². The first-order valence-electron chi connectivity index (χ1n) is 7.07. The number of carbonyl (C=O) groups excluding carboxylic acids is 1. The van der Waals surface area contributed by atoms with Crippen LogP contribution in [0.2, 0.25) is 0 Å². The number of halogens is 2. The molecule has 0 aliphatic heterocycles. The van der Waals surface area contributed by atoms with Gasteiger partial charge in [0.1, 0.15) is 0 Å². The van der Waals surface area contributed by atoms with Gasteiger partial charge in [-0.3, -0.25) is 9.69 Å². The smallest absolute Gasteiger partial charge is 0.186 e. The molecule has 1 fully saturated rings. The highest BCUT2D eigenvalue weighted by Crippen LogP contribution is 2.36. The molecule has 1 aromatic rings. The van der Waals surface area contributed by atoms with Crippen molar-refractivity contribution in [3.63, 3.8) is 0 Å². The van der Waals surface area contributed by atoms with E-state index in [4.69, 9.17) is 0 Å². The molecule has 1 aliphatic carbocycles. The highest BCUT2D eigenvalue weighted by atomic mass is 19.2. The van der Waals surface area contributed by atoms with E-state index in [0.717, 1.165) is 19.3 Å². The highest BCUT2D eigenvalue weighted by Gasteiger charge is 2.43. The molecular formula is C16H21F2NO. The largest absolute Gasteiger partial charge is 0.297 e. The molecule has 1 aliphatic rings. The third kappa shape index (κ3) is 2.37. The Morgan fingerprint density at radius 1 is 1.10 bits per heavy atom. The van der Waals surface area contributed by atoms with Crippen molar-refractivity contribution < 1.29 is 13.6 Å². The van der Waals surface area contributed by atoms with Gasteiger partial charge in [-0.2, -0.15) is 0 Å². The van der Waals surface area contributed by atoms with Gasteiger partial charge in [0.2, 0.25) is 0 Å². The fraction of sp³-hybridized carbons (Fsp3) is 0.562. The molecule has 2 nitrogen and oxygen atoms in total. The summed E-state index contributed by atoms with van der Waals surface area (Å²) < 4.78 is 27.8. The van der Waals surface area contributed by atoms with Gasteiger partial charge in [-0.15, -0.1) is 0 Å². The molecule has 0 radical (unpaired) electrons. The summed E-state index contributed by atoms with van der Waals surface area (Å²) in [6, 6.07) is 2.88. The van der Waals surface area contributed by atoms with E-state index in [-0.39, 0.29) is 16.9 Å². The Bertz CT molecular complexity index is 519. The first-order valence-corrected chi connectivity index (χ1v) is 7.07. The number of ketones is 1. The number of likely N-dealkylation sites (N-methyl/N-ethyl adjacent to an activating group) is 1. The second-order valence-electron chi connectivity index (χ2n) is 5.87. The Hall–Kier alpha value is -1.29. The first-order chi connectivity index (χ1) is 9.40. The second kappa shape index (κ2) is 5.60. The maximum absolute atomic E-state index is 14.1. The fourth-order valence-corrected chi connectivity index (χ4v) is 3.09. The summed E-state index contributed by atoms with van der Waals surface area (Å²) in [4.78, 5) is 14.7. The molecule has 0 spiro atoms. The number of hydrogen-bond acceptors (Lipinski definition) is 2. The van der Waals surface area contributed by atoms with Gasteiger partial charge < -0.3 is 0 Å². The summed E-state index contributed by atoms with van der Waals surface area (Å²) >= 11 is 0. The van der Waals surface area contributed by atoms with E-state index in [1.165, 1.54) is 19.1 Å². The second-order valence-corrected chi connectivity index (χ2v) is 5.87. The predicted octanol–water partition coefficient (Wildman–Crippen LogP) is 3.72. The van der Waals surface area contributed by atoms with Crippen molar-refractivity contribution in [2.75, 3.05) is 14.1 Å². The maximum Gasteiger partial charge on any atom is 0.186 e. The number of aryl methyl sites for hydroxylation is 1. The van der Waals surface area contributed by atoms with Gasteiger partial charge in [0.05, 0.1) is 11.1 Å². The maximum atomic E-state index is 14.1. The Morgan fingerprint density at radius 3 is 2.25 bits per heavy atom. The van der Waals surface area contributed by atoms with Crippen molar-refractivity contribution in [3.8, 4) is 0 Å². The molecular weight excluding hydrogens is 260 g/mol. The minimum absolute atomic E-state index is 0.122. The van der Waals surface area contributed by atoms with Crippen LogP contribution in [0.15, 0.2) is 12.1 Å². The molecule has 1 aromatic carbocycles. The van der Waals surface area contributed by atoms with Crippen LogP contribution in [0.25, 0.3) is 0 Å². The van der Waals surface area contributed by atoms with Gasteiger partial charge in [0.25, 0.3) is 0 Å². The number of carbonyl (C=O) groups is 1. The molecule has 0 saturated heterocycles. The van der Waals surface area contributed by atoms with Gasteiger partial charge in [-0.25, -0.2) is 8.78 Å². The van der Waals surface area contributed by atoms with E-state index in [2.05, 4.69) is 0 Å². The van der Waals surface area contributed by atoms with Crippen LogP contribution in [0, 0.1) is 18.6 Å². The van der Waals surface area contributed by atoms with E-state index in [0.29, 0.717) is 12.8 Å². The normalized spacial score (nSPS) is 18.3. The third-order valence-electron chi connectivity index (χ3n) is 4.48. The zero-order chi connectivity index (χ0) is 14.9. The molecule has 4 heteroatoms. The van der Waals surface area contributed by atoms with E-state index < -0.39 is 17.2 Å². The Balaban J connectivity index is 2.45. The summed E-state index contributed by atoms with van der Waals surface area (Å²) in [5, 5.41) is 0. The zero-order valence-corrected chi connectivity index (χ0v) is 12.3. The van der Waals surface area contributed by atoms with Crippen molar-refractivity contribution in [3.05, 3.63) is 34.9 Å². The molecule has 1 saturated carbocycles. The molecule has 0 N–H and O–H groups in total. The van der Waals surface area contributed by atoms with Crippen molar-refractivity contribution in [1.29, 1.82) is 0 Å². The number of benzene rings is 1. The average Bonchev–Trinajstić information content (AvgIpc) is 2.45. The molecule has 0 bridgehead atoms. The molecule has 20 heavy (non-hydrogen) atoms. The minimum atomic E-state index is -1.01. The topological polar surface area (TPSA) is 20.3 Å². The number of rotatable bonds is 3. The lowest BCUT2D eigenvalue weighted by Gasteiger charge is -2.41. The van der Waals surface area contributed by atoms with Crippen molar-refractivity contribution in [2.45, 2.75) is 44.6 Å². The Labute approximate surface area is 118 Å². The Morgan fingerprint density at radius 2 is 1.70 bits per heavy atom. The summed E-state index contributed by atoms with van der Waals surface area (Å²) in [5.41, 5.74) is -0.592. The molecule has 0 amide bonds. The van der Waals surface area contributed by atoms with Crippen LogP contribution in [0.5, 0.6) is 0 Å². The molecule has 2 rings (SSSR count). The van der Waals surface area contributed by atoms with E-state index in [1.54, 1.807) is 0 Å². The lowest BCUT2D eigenvalue weighted by molar-refractivity contribution is 0.0558. The molecule has 0 atom stereocenters. The summed E-state index contributed by atoms with van der Waals surface area (Å²) in [6.07, 6.45) is 4.38. The average molecular weight is 281 g/mol. The van der Waals surface area contributed by atoms with Crippen LogP contribution in [0.1, 0.15) is 48.0 Å². The van der Waals surface area contributed by atoms with E-state index in [9.17, 15) is 13.6 Å². The van der Waals surface area contributed by atoms with Crippen LogP contribution >= 0.6 is 0 Å². The number of nitrogens with zero attached hydrogens (tertiary/aromatic N) is 1. The number of hydrogen-bond donors (Lipinski definition) is 0. The number of Topliss-reactive ketones (excluding diaryl/α,β-unsaturated/α-hetero) is 1. The van der Waals surface area contributed by atoms with Crippen LogP contribution in [0.3, 0.4) is 0 Å². The van der Waals surface area contributed by atoms with Gasteiger partial charge >= 0.3 is 0 Å². The van der Waals surface area contributed by atoms with Gasteiger partial charge in [-0.05, 0) is 45.5 Å². The van der Waals surface area contributed by atoms with Crippen LogP contribution < -0.4 is 0 Å².